The van der Waals surface area contributed by atoms with E-state index in [1.807, 2.05) is 54.6 Å². The van der Waals surface area contributed by atoms with Gasteiger partial charge in [0.1, 0.15) is 0 Å². The van der Waals surface area contributed by atoms with Crippen molar-refractivity contribution in [1.29, 1.82) is 0 Å². The third-order valence-electron chi connectivity index (χ3n) is 4.99. The van der Waals surface area contributed by atoms with Crippen LogP contribution in [0.1, 0.15) is 15.9 Å². The molecule has 1 heterocycles. The van der Waals surface area contributed by atoms with Crippen LogP contribution >= 0.6 is 23.2 Å². The maximum Gasteiger partial charge on any atom is 0.343 e. The lowest BCUT2D eigenvalue weighted by Crippen LogP contribution is -2.18. The van der Waals surface area contributed by atoms with Gasteiger partial charge >= 0.3 is 5.97 Å². The number of halogens is 2. The minimum Gasteiger partial charge on any atom is -0.479 e. The second-order valence-corrected chi connectivity index (χ2v) is 8.13. The second kappa shape index (κ2) is 11.0. The quantitative estimate of drug-likeness (QED) is 0.202. The number of methoxy groups -OCH3 is 1. The zero-order valence-corrected chi connectivity index (χ0v) is 20.0. The monoisotopic (exact) mass is 507 g/mol. The average Bonchev–Trinajstić information content (AvgIpc) is 2.87. The molecule has 0 aliphatic carbocycles. The SMILES string of the molecule is COC(=O)COc1c(Cl)cc(/C=N/NC(=O)c2cc(-c3ccccc3)nc3ccccc23)cc1Cl. The number of carbonyl (C=O) groups excluding carboxylic acids is 2. The Balaban J connectivity index is 1.55. The predicted molar refractivity (Wildman–Crippen MR) is 136 cm³/mol. The molecule has 1 amide bonds. The zero-order valence-electron chi connectivity index (χ0n) is 18.5. The summed E-state index contributed by atoms with van der Waals surface area (Å²) in [6.45, 7) is -0.329. The number of carbonyl (C=O) groups is 2. The number of benzene rings is 3. The molecule has 0 saturated heterocycles. The molecule has 1 aromatic heterocycles. The van der Waals surface area contributed by atoms with Crippen LogP contribution < -0.4 is 10.2 Å². The molecule has 4 aromatic rings. The molecule has 4 rings (SSSR count). The van der Waals surface area contributed by atoms with E-state index in [2.05, 4.69) is 20.2 Å². The topological polar surface area (TPSA) is 89.9 Å². The number of aromatic nitrogens is 1. The first kappa shape index (κ1) is 24.2. The summed E-state index contributed by atoms with van der Waals surface area (Å²) in [5, 5.41) is 5.12. The van der Waals surface area contributed by atoms with Crippen LogP contribution in [0.2, 0.25) is 10.0 Å². The normalized spacial score (nSPS) is 10.9. The Labute approximate surface area is 211 Å². The fourth-order valence-corrected chi connectivity index (χ4v) is 3.94. The van der Waals surface area contributed by atoms with Gasteiger partial charge in [-0.3, -0.25) is 4.79 Å². The van der Waals surface area contributed by atoms with Crippen LogP contribution in [-0.2, 0) is 9.53 Å². The van der Waals surface area contributed by atoms with E-state index in [0.717, 1.165) is 5.56 Å². The lowest BCUT2D eigenvalue weighted by atomic mass is 10.0. The lowest BCUT2D eigenvalue weighted by Gasteiger charge is -2.10. The van der Waals surface area contributed by atoms with Gasteiger partial charge in [-0.05, 0) is 29.8 Å². The number of hydrogen-bond acceptors (Lipinski definition) is 6. The number of hydrogen-bond donors (Lipinski definition) is 1. The fourth-order valence-electron chi connectivity index (χ4n) is 3.33. The predicted octanol–water partition coefficient (Wildman–Crippen LogP) is 5.52. The maximum absolute atomic E-state index is 13.0. The highest BCUT2D eigenvalue weighted by atomic mass is 35.5. The number of nitrogens with zero attached hydrogens (tertiary/aromatic N) is 2. The summed E-state index contributed by atoms with van der Waals surface area (Å²) in [5.74, 6) is -0.812. The van der Waals surface area contributed by atoms with Crippen LogP contribution in [0.3, 0.4) is 0 Å². The number of esters is 1. The van der Waals surface area contributed by atoms with E-state index in [9.17, 15) is 9.59 Å². The van der Waals surface area contributed by atoms with Gasteiger partial charge in [-0.25, -0.2) is 15.2 Å². The summed E-state index contributed by atoms with van der Waals surface area (Å²) in [4.78, 5) is 29.0. The Morgan fingerprint density at radius 1 is 1.00 bits per heavy atom. The molecule has 0 spiro atoms. The number of amides is 1. The van der Waals surface area contributed by atoms with E-state index in [0.29, 0.717) is 27.7 Å². The van der Waals surface area contributed by atoms with Crippen molar-refractivity contribution in [2.75, 3.05) is 13.7 Å². The molecule has 7 nitrogen and oxygen atoms in total. The highest BCUT2D eigenvalue weighted by molar-refractivity contribution is 6.37. The molecule has 0 bridgehead atoms. The highest BCUT2D eigenvalue weighted by Crippen LogP contribution is 2.34. The van der Waals surface area contributed by atoms with Gasteiger partial charge in [0.15, 0.2) is 12.4 Å². The largest absolute Gasteiger partial charge is 0.479 e. The van der Waals surface area contributed by atoms with Crippen LogP contribution in [0, 0.1) is 0 Å². The molecule has 0 saturated carbocycles. The van der Waals surface area contributed by atoms with Gasteiger partial charge in [0, 0.05) is 10.9 Å². The van der Waals surface area contributed by atoms with E-state index in [4.69, 9.17) is 27.9 Å². The van der Waals surface area contributed by atoms with Crippen molar-refractivity contribution in [1.82, 2.24) is 10.4 Å². The number of pyridine rings is 1. The molecule has 0 aliphatic heterocycles. The zero-order chi connectivity index (χ0) is 24.8. The lowest BCUT2D eigenvalue weighted by molar-refractivity contribution is -0.142. The first-order valence-corrected chi connectivity index (χ1v) is 11.2. The molecule has 0 radical (unpaired) electrons. The molecule has 176 valence electrons. The molecule has 0 aliphatic rings. The average molecular weight is 508 g/mol. The smallest absolute Gasteiger partial charge is 0.343 e. The van der Waals surface area contributed by atoms with Crippen LogP contribution in [0.25, 0.3) is 22.2 Å². The molecule has 9 heteroatoms. The minimum absolute atomic E-state index is 0.150. The van der Waals surface area contributed by atoms with Crippen LogP contribution in [0.5, 0.6) is 5.75 Å². The first-order chi connectivity index (χ1) is 17.0. The third-order valence-corrected chi connectivity index (χ3v) is 5.55. The maximum atomic E-state index is 13.0. The minimum atomic E-state index is -0.565. The summed E-state index contributed by atoms with van der Waals surface area (Å²) in [5.41, 5.74) is 5.78. The van der Waals surface area contributed by atoms with Gasteiger partial charge < -0.3 is 9.47 Å². The molecular formula is C26H19Cl2N3O4. The van der Waals surface area contributed by atoms with Crippen molar-refractivity contribution < 1.29 is 19.1 Å². The summed E-state index contributed by atoms with van der Waals surface area (Å²) in [6.07, 6.45) is 1.40. The van der Waals surface area contributed by atoms with Gasteiger partial charge in [0.25, 0.3) is 5.91 Å². The Morgan fingerprint density at radius 2 is 1.69 bits per heavy atom. The summed E-state index contributed by atoms with van der Waals surface area (Å²) in [7, 11) is 1.25. The number of ether oxygens (including phenoxy) is 2. The summed E-state index contributed by atoms with van der Waals surface area (Å²) < 4.78 is 9.84. The van der Waals surface area contributed by atoms with Gasteiger partial charge in [-0.1, -0.05) is 71.7 Å². The Kier molecular flexibility index (Phi) is 7.60. The van der Waals surface area contributed by atoms with Crippen molar-refractivity contribution in [3.8, 4) is 17.0 Å². The molecular weight excluding hydrogens is 489 g/mol. The van der Waals surface area contributed by atoms with E-state index in [1.165, 1.54) is 13.3 Å². The van der Waals surface area contributed by atoms with E-state index < -0.39 is 11.9 Å². The van der Waals surface area contributed by atoms with E-state index in [-0.39, 0.29) is 22.4 Å². The number of hydrazone groups is 1. The fraction of sp³-hybridized carbons (Fsp3) is 0.0769. The molecule has 3 aromatic carbocycles. The standard InChI is InChI=1S/C26H19Cl2N3O4/c1-34-24(32)15-35-25-20(27)11-16(12-21(25)28)14-29-31-26(33)19-13-23(17-7-3-2-4-8-17)30-22-10-6-5-9-18(19)22/h2-14H,15H2,1H3,(H,31,33)/b29-14+. The van der Waals surface area contributed by atoms with Gasteiger partial charge in [0.05, 0.1) is 40.1 Å². The van der Waals surface area contributed by atoms with Crippen LogP contribution in [-0.4, -0.2) is 36.8 Å². The highest BCUT2D eigenvalue weighted by Gasteiger charge is 2.14. The van der Waals surface area contributed by atoms with Crippen LogP contribution in [0.4, 0.5) is 0 Å². The van der Waals surface area contributed by atoms with Crippen molar-refractivity contribution in [3.05, 3.63) is 94.0 Å². The molecule has 0 atom stereocenters. The number of para-hydroxylation sites is 1. The first-order valence-electron chi connectivity index (χ1n) is 10.4. The Bertz CT molecular complexity index is 1400. The van der Waals surface area contributed by atoms with E-state index >= 15 is 0 Å². The molecule has 0 fully saturated rings. The van der Waals surface area contributed by atoms with Gasteiger partial charge in [-0.15, -0.1) is 0 Å². The second-order valence-electron chi connectivity index (χ2n) is 7.32. The van der Waals surface area contributed by atoms with Crippen molar-refractivity contribution in [2.45, 2.75) is 0 Å². The summed E-state index contributed by atoms with van der Waals surface area (Å²) in [6, 6.07) is 21.9. The van der Waals surface area contributed by atoms with Crippen molar-refractivity contribution in [2.24, 2.45) is 5.10 Å². The van der Waals surface area contributed by atoms with E-state index in [1.54, 1.807) is 18.2 Å². The molecule has 1 N–H and O–H groups in total. The molecule has 35 heavy (non-hydrogen) atoms. The summed E-state index contributed by atoms with van der Waals surface area (Å²) >= 11 is 12.4. The van der Waals surface area contributed by atoms with Crippen LogP contribution in [0.15, 0.2) is 77.9 Å². The number of nitrogens with one attached hydrogen (secondary N) is 1. The Morgan fingerprint density at radius 3 is 2.40 bits per heavy atom. The van der Waals surface area contributed by atoms with Crippen molar-refractivity contribution >= 4 is 52.2 Å². The van der Waals surface area contributed by atoms with Gasteiger partial charge in [0.2, 0.25) is 0 Å². The molecule has 0 unspecified atom stereocenters. The Hall–Kier alpha value is -3.94. The third kappa shape index (κ3) is 5.77. The van der Waals surface area contributed by atoms with Crippen molar-refractivity contribution in [3.63, 3.8) is 0 Å². The number of rotatable bonds is 7. The van der Waals surface area contributed by atoms with Gasteiger partial charge in [-0.2, -0.15) is 5.10 Å². The number of fused-ring (bicyclic) bond motifs is 1.